The van der Waals surface area contributed by atoms with E-state index >= 15 is 0 Å². The van der Waals surface area contributed by atoms with Gasteiger partial charge in [-0.1, -0.05) is 6.07 Å². The van der Waals surface area contributed by atoms with E-state index < -0.39 is 24.0 Å². The molecule has 2 rings (SSSR count). The quantitative estimate of drug-likeness (QED) is 0.807. The molecule has 22 heavy (non-hydrogen) atoms. The number of carbonyl (C=O) groups is 2. The molecule has 1 atom stereocenters. The zero-order valence-corrected chi connectivity index (χ0v) is 12.6. The average molecular weight is 302 g/mol. The van der Waals surface area contributed by atoms with Crippen LogP contribution in [0.5, 0.6) is 5.75 Å². The molecule has 1 fully saturated rings. The number of carbonyl (C=O) groups excluding carboxylic acids is 2. The molecule has 0 radical (unpaired) electrons. The van der Waals surface area contributed by atoms with Crippen molar-refractivity contribution in [1.82, 2.24) is 5.32 Å². The Morgan fingerprint density at radius 1 is 1.45 bits per heavy atom. The Morgan fingerprint density at radius 2 is 2.18 bits per heavy atom. The summed E-state index contributed by atoms with van der Waals surface area (Å²) in [6.45, 7) is 1.27. The number of ether oxygens (including phenoxy) is 2. The average Bonchev–Trinajstić information content (AvgIpc) is 3.37. The van der Waals surface area contributed by atoms with E-state index in [1.807, 2.05) is 0 Å². The second-order valence-corrected chi connectivity index (χ2v) is 5.44. The van der Waals surface area contributed by atoms with Gasteiger partial charge in [-0.05, 0) is 43.9 Å². The number of benzene rings is 1. The second-order valence-electron chi connectivity index (χ2n) is 5.44. The molecule has 6 nitrogen and oxygen atoms in total. The monoisotopic (exact) mass is 302 g/mol. The van der Waals surface area contributed by atoms with E-state index in [0.717, 1.165) is 12.8 Å². The number of amides is 1. The number of esters is 1. The third-order valence-electron chi connectivity index (χ3n) is 3.66. The Kier molecular flexibility index (Phi) is 4.66. The molecular weight excluding hydrogens is 284 g/mol. The normalized spacial score (nSPS) is 16.0. The maximum Gasteiger partial charge on any atom is 0.338 e. The number of nitriles is 1. The molecule has 1 amide bonds. The minimum Gasteiger partial charge on any atom is -0.497 e. The Hall–Kier alpha value is -2.55. The van der Waals surface area contributed by atoms with Crippen molar-refractivity contribution in [2.24, 2.45) is 5.92 Å². The van der Waals surface area contributed by atoms with E-state index in [4.69, 9.17) is 9.47 Å². The molecule has 1 aromatic rings. The van der Waals surface area contributed by atoms with Gasteiger partial charge in [-0.2, -0.15) is 5.26 Å². The molecule has 1 aliphatic rings. The molecule has 0 aromatic heterocycles. The number of nitrogens with one attached hydrogen (secondary N) is 1. The van der Waals surface area contributed by atoms with Crippen molar-refractivity contribution in [1.29, 1.82) is 5.26 Å². The Labute approximate surface area is 129 Å². The fourth-order valence-corrected chi connectivity index (χ4v) is 2.17. The largest absolute Gasteiger partial charge is 0.497 e. The minimum absolute atomic E-state index is 0.176. The van der Waals surface area contributed by atoms with Crippen molar-refractivity contribution >= 4 is 11.9 Å². The third kappa shape index (κ3) is 3.76. The van der Waals surface area contributed by atoms with Crippen molar-refractivity contribution in [2.45, 2.75) is 25.3 Å². The maximum atomic E-state index is 11.9. The molecule has 6 heteroatoms. The summed E-state index contributed by atoms with van der Waals surface area (Å²) in [5.41, 5.74) is -0.586. The Morgan fingerprint density at radius 3 is 2.77 bits per heavy atom. The van der Waals surface area contributed by atoms with Gasteiger partial charge in [-0.3, -0.25) is 4.79 Å². The SMILES string of the molecule is COc1cccc(C(=O)OCC(=O)N[C@](C)(C#N)C2CC2)c1. The highest BCUT2D eigenvalue weighted by Crippen LogP contribution is 2.39. The highest BCUT2D eigenvalue weighted by Gasteiger charge is 2.43. The van der Waals surface area contributed by atoms with Crippen molar-refractivity contribution in [3.05, 3.63) is 29.8 Å². The van der Waals surface area contributed by atoms with Crippen LogP contribution in [0.15, 0.2) is 24.3 Å². The molecule has 0 unspecified atom stereocenters. The van der Waals surface area contributed by atoms with Crippen LogP contribution in [0.25, 0.3) is 0 Å². The van der Waals surface area contributed by atoms with E-state index in [1.54, 1.807) is 25.1 Å². The zero-order chi connectivity index (χ0) is 16.2. The van der Waals surface area contributed by atoms with Crippen LogP contribution >= 0.6 is 0 Å². The molecule has 0 aliphatic heterocycles. The van der Waals surface area contributed by atoms with Gasteiger partial charge in [-0.25, -0.2) is 4.79 Å². The van der Waals surface area contributed by atoms with Crippen molar-refractivity contribution in [3.8, 4) is 11.8 Å². The molecule has 1 aliphatic carbocycles. The van der Waals surface area contributed by atoms with E-state index in [2.05, 4.69) is 11.4 Å². The number of methoxy groups -OCH3 is 1. The van der Waals surface area contributed by atoms with Gasteiger partial charge in [0, 0.05) is 0 Å². The summed E-state index contributed by atoms with van der Waals surface area (Å²) in [5, 5.41) is 11.8. The summed E-state index contributed by atoms with van der Waals surface area (Å²) < 4.78 is 9.99. The van der Waals surface area contributed by atoms with Crippen LogP contribution in [0.4, 0.5) is 0 Å². The lowest BCUT2D eigenvalue weighted by Gasteiger charge is -2.22. The van der Waals surface area contributed by atoms with Crippen molar-refractivity contribution in [3.63, 3.8) is 0 Å². The van der Waals surface area contributed by atoms with Gasteiger partial charge in [-0.15, -0.1) is 0 Å². The molecule has 0 saturated heterocycles. The summed E-state index contributed by atoms with van der Waals surface area (Å²) in [7, 11) is 1.50. The van der Waals surface area contributed by atoms with E-state index in [-0.39, 0.29) is 5.92 Å². The van der Waals surface area contributed by atoms with Gasteiger partial charge in [0.1, 0.15) is 11.3 Å². The Bertz CT molecular complexity index is 619. The fraction of sp³-hybridized carbons (Fsp3) is 0.438. The summed E-state index contributed by atoms with van der Waals surface area (Å²) in [5.74, 6) is -0.383. The second kappa shape index (κ2) is 6.48. The lowest BCUT2D eigenvalue weighted by Crippen LogP contribution is -2.48. The molecule has 0 heterocycles. The molecule has 1 N–H and O–H groups in total. The van der Waals surface area contributed by atoms with Gasteiger partial charge >= 0.3 is 5.97 Å². The van der Waals surface area contributed by atoms with Crippen LogP contribution < -0.4 is 10.1 Å². The molecule has 116 valence electrons. The molecule has 0 bridgehead atoms. The summed E-state index contributed by atoms with van der Waals surface area (Å²) in [6.07, 6.45) is 1.85. The highest BCUT2D eigenvalue weighted by atomic mass is 16.5. The minimum atomic E-state index is -0.889. The zero-order valence-electron chi connectivity index (χ0n) is 12.6. The number of hydrogen-bond acceptors (Lipinski definition) is 5. The van der Waals surface area contributed by atoms with Crippen molar-refractivity contribution in [2.75, 3.05) is 13.7 Å². The highest BCUT2D eigenvalue weighted by molar-refractivity contribution is 5.91. The Balaban J connectivity index is 1.88. The van der Waals surface area contributed by atoms with Gasteiger partial charge < -0.3 is 14.8 Å². The van der Waals surface area contributed by atoms with E-state index in [9.17, 15) is 14.9 Å². The van der Waals surface area contributed by atoms with Gasteiger partial charge in [0.15, 0.2) is 6.61 Å². The van der Waals surface area contributed by atoms with E-state index in [1.165, 1.54) is 13.2 Å². The predicted octanol–water partition coefficient (Wildman–Crippen LogP) is 1.66. The molecule has 1 saturated carbocycles. The predicted molar refractivity (Wildman–Crippen MR) is 78.2 cm³/mol. The number of rotatable bonds is 6. The first-order valence-electron chi connectivity index (χ1n) is 7.02. The van der Waals surface area contributed by atoms with E-state index in [0.29, 0.717) is 11.3 Å². The molecule has 1 aromatic carbocycles. The van der Waals surface area contributed by atoms with Gasteiger partial charge in [0.2, 0.25) is 0 Å². The first-order valence-corrected chi connectivity index (χ1v) is 7.02. The maximum absolute atomic E-state index is 11.9. The number of hydrogen-bond donors (Lipinski definition) is 1. The van der Waals surface area contributed by atoms with Gasteiger partial charge in [0.05, 0.1) is 18.7 Å². The lowest BCUT2D eigenvalue weighted by atomic mass is 9.98. The van der Waals surface area contributed by atoms with Crippen molar-refractivity contribution < 1.29 is 19.1 Å². The first kappa shape index (κ1) is 15.8. The van der Waals surface area contributed by atoms with Crippen LogP contribution in [-0.4, -0.2) is 31.1 Å². The smallest absolute Gasteiger partial charge is 0.338 e. The van der Waals surface area contributed by atoms with Gasteiger partial charge in [0.25, 0.3) is 5.91 Å². The summed E-state index contributed by atoms with van der Waals surface area (Å²) >= 11 is 0. The van der Waals surface area contributed by atoms with Crippen LogP contribution in [0.2, 0.25) is 0 Å². The van der Waals surface area contributed by atoms with Crippen LogP contribution in [-0.2, 0) is 9.53 Å². The molecular formula is C16H18N2O4. The summed E-state index contributed by atoms with van der Waals surface area (Å²) in [6, 6.07) is 8.59. The molecule has 0 spiro atoms. The first-order chi connectivity index (χ1) is 10.5. The van der Waals surface area contributed by atoms with Crippen LogP contribution in [0, 0.1) is 17.2 Å². The fourth-order valence-electron chi connectivity index (χ4n) is 2.17. The third-order valence-corrected chi connectivity index (χ3v) is 3.66. The van der Waals surface area contributed by atoms with Crippen LogP contribution in [0.3, 0.4) is 0 Å². The topological polar surface area (TPSA) is 88.4 Å². The number of nitrogens with zero attached hydrogens (tertiary/aromatic N) is 1. The standard InChI is InChI=1S/C16H18N2O4/c1-16(10-17,12-6-7-12)18-14(19)9-22-15(20)11-4-3-5-13(8-11)21-2/h3-5,8,12H,6-7,9H2,1-2H3,(H,18,19)/t16-/m1/s1. The summed E-state index contributed by atoms with van der Waals surface area (Å²) in [4.78, 5) is 23.7. The lowest BCUT2D eigenvalue weighted by molar-refractivity contribution is -0.125. The van der Waals surface area contributed by atoms with Crippen LogP contribution in [0.1, 0.15) is 30.1 Å².